The first-order valence-corrected chi connectivity index (χ1v) is 5.37. The second-order valence-electron chi connectivity index (χ2n) is 4.13. The Morgan fingerprint density at radius 2 is 2.47 bits per heavy atom. The third-order valence-electron chi connectivity index (χ3n) is 2.73. The Hall–Kier alpha value is -1.78. The first-order valence-electron chi connectivity index (χ1n) is 5.37. The van der Waals surface area contributed by atoms with Crippen LogP contribution in [0.25, 0.3) is 10.4 Å². The van der Waals surface area contributed by atoms with Gasteiger partial charge in [0.1, 0.15) is 17.7 Å². The molecule has 17 heavy (non-hydrogen) atoms. The number of ether oxygens (including phenoxy) is 1. The summed E-state index contributed by atoms with van der Waals surface area (Å²) in [6, 6.07) is 2.54. The fourth-order valence-corrected chi connectivity index (χ4v) is 1.99. The molecule has 0 bridgehead atoms. The van der Waals surface area contributed by atoms with E-state index in [4.69, 9.17) is 16.0 Å². The van der Waals surface area contributed by atoms with Gasteiger partial charge in [0, 0.05) is 28.5 Å². The van der Waals surface area contributed by atoms with Gasteiger partial charge < -0.3 is 10.5 Å². The molecule has 5 nitrogen and oxygen atoms in total. The molecule has 0 spiro atoms. The summed E-state index contributed by atoms with van der Waals surface area (Å²) >= 11 is 0. The summed E-state index contributed by atoms with van der Waals surface area (Å²) < 4.78 is 19.0. The van der Waals surface area contributed by atoms with Crippen molar-refractivity contribution in [3.63, 3.8) is 0 Å². The summed E-state index contributed by atoms with van der Waals surface area (Å²) in [4.78, 5) is 2.68. The first-order chi connectivity index (χ1) is 8.11. The molecule has 0 amide bonds. The lowest BCUT2D eigenvalue weighted by Crippen LogP contribution is -2.17. The molecule has 0 aromatic heterocycles. The molecule has 1 aliphatic heterocycles. The van der Waals surface area contributed by atoms with Crippen molar-refractivity contribution in [2.24, 2.45) is 10.8 Å². The monoisotopic (exact) mass is 236 g/mol. The van der Waals surface area contributed by atoms with Crippen LogP contribution in [0.2, 0.25) is 0 Å². The van der Waals surface area contributed by atoms with Crippen molar-refractivity contribution in [3.8, 4) is 5.75 Å². The van der Waals surface area contributed by atoms with Crippen LogP contribution in [0.15, 0.2) is 17.2 Å². The minimum absolute atomic E-state index is 0.222. The van der Waals surface area contributed by atoms with E-state index in [-0.39, 0.29) is 24.5 Å². The molecule has 0 aliphatic carbocycles. The van der Waals surface area contributed by atoms with E-state index in [1.165, 1.54) is 12.1 Å². The van der Waals surface area contributed by atoms with Gasteiger partial charge >= 0.3 is 0 Å². The van der Waals surface area contributed by atoms with Gasteiger partial charge in [-0.15, -0.1) is 0 Å². The average molecular weight is 236 g/mol. The molecule has 1 aromatic carbocycles. The number of hydrogen-bond donors (Lipinski definition) is 1. The molecule has 90 valence electrons. The van der Waals surface area contributed by atoms with Crippen molar-refractivity contribution in [2.45, 2.75) is 25.5 Å². The summed E-state index contributed by atoms with van der Waals surface area (Å²) in [6.45, 7) is 2.02. The van der Waals surface area contributed by atoms with Gasteiger partial charge in [-0.25, -0.2) is 4.39 Å². The highest BCUT2D eigenvalue weighted by atomic mass is 19.1. The van der Waals surface area contributed by atoms with Crippen molar-refractivity contribution < 1.29 is 9.13 Å². The van der Waals surface area contributed by atoms with E-state index in [2.05, 4.69) is 10.0 Å². The van der Waals surface area contributed by atoms with Crippen molar-refractivity contribution in [3.05, 3.63) is 39.5 Å². The molecular weight excluding hydrogens is 223 g/mol. The number of fused-ring (bicyclic) bond motifs is 1. The second kappa shape index (κ2) is 4.61. The number of nitrogens with two attached hydrogens (primary N) is 1. The molecule has 6 heteroatoms. The summed E-state index contributed by atoms with van der Waals surface area (Å²) in [6.07, 6.45) is 0.325. The van der Waals surface area contributed by atoms with E-state index in [0.29, 0.717) is 17.7 Å². The van der Waals surface area contributed by atoms with Crippen LogP contribution in [0.3, 0.4) is 0 Å². The van der Waals surface area contributed by atoms with E-state index in [0.717, 1.165) is 5.56 Å². The van der Waals surface area contributed by atoms with Gasteiger partial charge in [0.15, 0.2) is 0 Å². The number of hydrogen-bond acceptors (Lipinski definition) is 3. The summed E-state index contributed by atoms with van der Waals surface area (Å²) in [5.41, 5.74) is 15.5. The number of halogens is 1. The van der Waals surface area contributed by atoms with Crippen molar-refractivity contribution in [1.82, 2.24) is 0 Å². The SMILES string of the molecule is C[C@@H](N)c1cc(F)cc2c1OC(CN=[N+]=[N-])C2. The largest absolute Gasteiger partial charge is 0.489 e. The highest BCUT2D eigenvalue weighted by Gasteiger charge is 2.26. The summed E-state index contributed by atoms with van der Waals surface area (Å²) in [7, 11) is 0. The molecule has 2 rings (SSSR count). The minimum atomic E-state index is -0.316. The zero-order valence-electron chi connectivity index (χ0n) is 9.43. The van der Waals surface area contributed by atoms with E-state index in [1.54, 1.807) is 6.92 Å². The molecule has 0 saturated carbocycles. The maximum Gasteiger partial charge on any atom is 0.128 e. The van der Waals surface area contributed by atoms with Crippen LogP contribution < -0.4 is 10.5 Å². The second-order valence-corrected chi connectivity index (χ2v) is 4.13. The Balaban J connectivity index is 2.30. The lowest BCUT2D eigenvalue weighted by molar-refractivity contribution is 0.238. The highest BCUT2D eigenvalue weighted by Crippen LogP contribution is 2.36. The molecule has 2 atom stereocenters. The van der Waals surface area contributed by atoms with E-state index in [1.807, 2.05) is 0 Å². The van der Waals surface area contributed by atoms with Gasteiger partial charge in [0.25, 0.3) is 0 Å². The molecule has 1 unspecified atom stereocenters. The average Bonchev–Trinajstić information content (AvgIpc) is 2.67. The highest BCUT2D eigenvalue weighted by molar-refractivity contribution is 5.46. The van der Waals surface area contributed by atoms with Gasteiger partial charge in [0.2, 0.25) is 0 Å². The van der Waals surface area contributed by atoms with Gasteiger partial charge in [-0.05, 0) is 24.6 Å². The van der Waals surface area contributed by atoms with Crippen molar-refractivity contribution in [2.75, 3.05) is 6.54 Å². The van der Waals surface area contributed by atoms with Crippen LogP contribution in [0.5, 0.6) is 5.75 Å². The Kier molecular flexibility index (Phi) is 3.17. The van der Waals surface area contributed by atoms with E-state index in [9.17, 15) is 4.39 Å². The van der Waals surface area contributed by atoms with E-state index < -0.39 is 0 Å². The predicted octanol–water partition coefficient (Wildman–Crippen LogP) is 2.46. The Bertz CT molecular complexity index is 483. The molecule has 1 aromatic rings. The van der Waals surface area contributed by atoms with Crippen molar-refractivity contribution in [1.29, 1.82) is 0 Å². The first kappa shape index (κ1) is 11.7. The molecule has 1 aliphatic rings. The van der Waals surface area contributed by atoms with Crippen LogP contribution in [0.4, 0.5) is 4.39 Å². The predicted molar refractivity (Wildman–Crippen MR) is 61.1 cm³/mol. The van der Waals surface area contributed by atoms with Gasteiger partial charge in [-0.2, -0.15) is 0 Å². The summed E-state index contributed by atoms with van der Waals surface area (Å²) in [5.74, 6) is 0.323. The van der Waals surface area contributed by atoms with E-state index >= 15 is 0 Å². The number of azide groups is 1. The van der Waals surface area contributed by atoms with Crippen LogP contribution in [0, 0.1) is 5.82 Å². The molecule has 0 fully saturated rings. The number of benzene rings is 1. The van der Waals surface area contributed by atoms with Crippen LogP contribution in [-0.2, 0) is 6.42 Å². The third kappa shape index (κ3) is 2.33. The zero-order valence-corrected chi connectivity index (χ0v) is 9.43. The normalized spacial score (nSPS) is 19.1. The molecule has 0 radical (unpaired) electrons. The fraction of sp³-hybridized carbons (Fsp3) is 0.455. The maximum absolute atomic E-state index is 13.4. The molecule has 2 N–H and O–H groups in total. The van der Waals surface area contributed by atoms with Crippen LogP contribution >= 0.6 is 0 Å². The molecule has 0 saturated heterocycles. The maximum atomic E-state index is 13.4. The Morgan fingerprint density at radius 1 is 1.71 bits per heavy atom. The van der Waals surface area contributed by atoms with Gasteiger partial charge in [-0.3, -0.25) is 0 Å². The lowest BCUT2D eigenvalue weighted by atomic mass is 10.0. The van der Waals surface area contributed by atoms with Gasteiger partial charge in [-0.1, -0.05) is 5.11 Å². The van der Waals surface area contributed by atoms with Gasteiger partial charge in [0.05, 0.1) is 6.54 Å². The quantitative estimate of drug-likeness (QED) is 0.496. The lowest BCUT2D eigenvalue weighted by Gasteiger charge is -2.13. The van der Waals surface area contributed by atoms with Crippen LogP contribution in [0.1, 0.15) is 24.1 Å². The van der Waals surface area contributed by atoms with Crippen LogP contribution in [-0.4, -0.2) is 12.6 Å². The minimum Gasteiger partial charge on any atom is -0.489 e. The van der Waals surface area contributed by atoms with Crippen molar-refractivity contribution >= 4 is 0 Å². The fourth-order valence-electron chi connectivity index (χ4n) is 1.99. The Labute approximate surface area is 98.0 Å². The number of nitrogens with zero attached hydrogens (tertiary/aromatic N) is 3. The molecule has 1 heterocycles. The zero-order chi connectivity index (χ0) is 12.4. The molecular formula is C11H13FN4O. The topological polar surface area (TPSA) is 84.0 Å². The number of rotatable bonds is 3. The Morgan fingerprint density at radius 3 is 3.12 bits per heavy atom. The summed E-state index contributed by atoms with van der Waals surface area (Å²) in [5, 5.41) is 3.46. The smallest absolute Gasteiger partial charge is 0.128 e. The standard InChI is InChI=1S/C11H13FN4O/c1-6(13)10-4-8(12)2-7-3-9(5-15-16-14)17-11(7)10/h2,4,6,9H,3,5,13H2,1H3/t6-,9?/m1/s1. The third-order valence-corrected chi connectivity index (χ3v) is 2.73.